The van der Waals surface area contributed by atoms with Gasteiger partial charge in [0.15, 0.2) is 0 Å². The van der Waals surface area contributed by atoms with E-state index in [-0.39, 0.29) is 17.5 Å². The van der Waals surface area contributed by atoms with Gasteiger partial charge >= 0.3 is 5.97 Å². The van der Waals surface area contributed by atoms with Crippen molar-refractivity contribution >= 4 is 11.9 Å². The average molecular weight is 470 g/mol. The van der Waals surface area contributed by atoms with E-state index < -0.39 is 12.1 Å². The molecule has 2 atom stereocenters. The number of carboxylic acid groups (broad SMARTS) is 1. The van der Waals surface area contributed by atoms with Gasteiger partial charge in [-0.25, -0.2) is 4.79 Å². The van der Waals surface area contributed by atoms with Gasteiger partial charge in [-0.3, -0.25) is 4.79 Å². The third-order valence-corrected chi connectivity index (χ3v) is 6.64. The number of nitrogens with zero attached hydrogens (tertiary/aromatic N) is 1. The normalized spacial score (nSPS) is 16.7. The molecule has 0 saturated carbocycles. The van der Waals surface area contributed by atoms with Crippen LogP contribution in [0.15, 0.2) is 84.9 Å². The van der Waals surface area contributed by atoms with Crippen LogP contribution in [0.3, 0.4) is 0 Å². The van der Waals surface area contributed by atoms with Gasteiger partial charge < -0.3 is 15.1 Å². The quantitative estimate of drug-likeness (QED) is 0.402. The monoisotopic (exact) mass is 469 g/mol. The van der Waals surface area contributed by atoms with Gasteiger partial charge in [-0.2, -0.15) is 0 Å². The number of aryl methyl sites for hydroxylation is 2. The third kappa shape index (κ3) is 6.06. The molecule has 1 fully saturated rings. The summed E-state index contributed by atoms with van der Waals surface area (Å²) >= 11 is 0. The maximum atomic E-state index is 12.5. The number of carbonyl (C=O) groups is 2. The second kappa shape index (κ2) is 11.2. The molecule has 0 bridgehead atoms. The zero-order valence-electron chi connectivity index (χ0n) is 19.9. The van der Waals surface area contributed by atoms with Crippen LogP contribution < -0.4 is 0 Å². The summed E-state index contributed by atoms with van der Waals surface area (Å²) in [7, 11) is 0. The molecule has 0 aromatic heterocycles. The van der Waals surface area contributed by atoms with Crippen LogP contribution in [-0.2, 0) is 11.2 Å². The van der Waals surface area contributed by atoms with Gasteiger partial charge in [0, 0.05) is 13.0 Å². The predicted octanol–water partition coefficient (Wildman–Crippen LogP) is 5.57. The van der Waals surface area contributed by atoms with Gasteiger partial charge in [0.2, 0.25) is 5.91 Å². The molecule has 1 aliphatic rings. The molecular weight excluding hydrogens is 438 g/mol. The zero-order chi connectivity index (χ0) is 24.8. The lowest BCUT2D eigenvalue weighted by Crippen LogP contribution is -2.33. The number of aliphatic hydroxyl groups excluding tert-OH is 1. The van der Waals surface area contributed by atoms with Crippen molar-refractivity contribution in [1.82, 2.24) is 4.90 Å². The largest absolute Gasteiger partial charge is 0.478 e. The Morgan fingerprint density at radius 1 is 1.09 bits per heavy atom. The highest BCUT2D eigenvalue weighted by Crippen LogP contribution is 2.27. The fourth-order valence-electron chi connectivity index (χ4n) is 4.65. The molecule has 180 valence electrons. The van der Waals surface area contributed by atoms with E-state index >= 15 is 0 Å². The van der Waals surface area contributed by atoms with Crippen molar-refractivity contribution in [2.75, 3.05) is 6.54 Å². The molecule has 0 aliphatic carbocycles. The zero-order valence-corrected chi connectivity index (χ0v) is 19.9. The van der Waals surface area contributed by atoms with E-state index in [0.29, 0.717) is 13.0 Å². The number of aromatic carboxylic acids is 1. The number of aliphatic hydroxyl groups is 1. The van der Waals surface area contributed by atoms with Crippen LogP contribution in [-0.4, -0.2) is 39.6 Å². The summed E-state index contributed by atoms with van der Waals surface area (Å²) < 4.78 is 0. The lowest BCUT2D eigenvalue weighted by Gasteiger charge is -2.23. The van der Waals surface area contributed by atoms with Crippen LogP contribution in [0, 0.1) is 6.92 Å². The number of benzene rings is 3. The minimum atomic E-state index is -0.932. The van der Waals surface area contributed by atoms with Gasteiger partial charge in [-0.15, -0.1) is 0 Å². The van der Waals surface area contributed by atoms with Crippen LogP contribution in [0.1, 0.15) is 52.4 Å². The Morgan fingerprint density at radius 2 is 1.86 bits per heavy atom. The van der Waals surface area contributed by atoms with Gasteiger partial charge in [0.25, 0.3) is 0 Å². The van der Waals surface area contributed by atoms with Gasteiger partial charge in [0.1, 0.15) is 0 Å². The van der Waals surface area contributed by atoms with Crippen LogP contribution >= 0.6 is 0 Å². The Labute approximate surface area is 206 Å². The molecule has 5 nitrogen and oxygen atoms in total. The molecular formula is C30H31NO4. The Morgan fingerprint density at radius 3 is 2.60 bits per heavy atom. The van der Waals surface area contributed by atoms with Crippen molar-refractivity contribution in [2.45, 2.75) is 44.8 Å². The third-order valence-electron chi connectivity index (χ3n) is 6.64. The number of carbonyl (C=O) groups excluding carboxylic acids is 1. The molecule has 1 amide bonds. The Hall–Kier alpha value is -3.70. The van der Waals surface area contributed by atoms with Crippen molar-refractivity contribution in [2.24, 2.45) is 0 Å². The topological polar surface area (TPSA) is 77.8 Å². The van der Waals surface area contributed by atoms with E-state index in [2.05, 4.69) is 25.1 Å². The maximum Gasteiger partial charge on any atom is 0.335 e. The SMILES string of the molecule is Cc1ccccc1-c1cccc(C(O)/C=C/C2CCC(=O)N2CCCc2ccc(C(=O)O)cc2)c1. The number of hydrogen-bond acceptors (Lipinski definition) is 3. The molecule has 1 saturated heterocycles. The predicted molar refractivity (Wildman–Crippen MR) is 137 cm³/mol. The van der Waals surface area contributed by atoms with E-state index in [1.807, 2.05) is 53.4 Å². The van der Waals surface area contributed by atoms with Crippen LogP contribution in [0.2, 0.25) is 0 Å². The molecule has 1 aliphatic heterocycles. The van der Waals surface area contributed by atoms with Crippen molar-refractivity contribution in [3.63, 3.8) is 0 Å². The lowest BCUT2D eigenvalue weighted by atomic mass is 9.97. The Bertz CT molecular complexity index is 1220. The first kappa shape index (κ1) is 24.4. The fourth-order valence-corrected chi connectivity index (χ4v) is 4.65. The Kier molecular flexibility index (Phi) is 7.78. The van der Waals surface area contributed by atoms with Crippen molar-refractivity contribution in [3.8, 4) is 11.1 Å². The summed E-state index contributed by atoms with van der Waals surface area (Å²) in [5.41, 5.74) is 5.56. The molecule has 3 aromatic rings. The van der Waals surface area contributed by atoms with Gasteiger partial charge in [0.05, 0.1) is 17.7 Å². The summed E-state index contributed by atoms with van der Waals surface area (Å²) in [4.78, 5) is 25.3. The number of hydrogen-bond donors (Lipinski definition) is 2. The van der Waals surface area contributed by atoms with Crippen molar-refractivity contribution < 1.29 is 19.8 Å². The summed E-state index contributed by atoms with van der Waals surface area (Å²) in [5, 5.41) is 19.9. The number of likely N-dealkylation sites (tertiary alicyclic amines) is 1. The molecule has 35 heavy (non-hydrogen) atoms. The smallest absolute Gasteiger partial charge is 0.335 e. The second-order valence-electron chi connectivity index (χ2n) is 9.07. The summed E-state index contributed by atoms with van der Waals surface area (Å²) in [5.74, 6) is -0.796. The first-order valence-corrected chi connectivity index (χ1v) is 12.1. The van der Waals surface area contributed by atoms with E-state index in [4.69, 9.17) is 5.11 Å². The van der Waals surface area contributed by atoms with E-state index in [0.717, 1.165) is 41.5 Å². The van der Waals surface area contributed by atoms with Crippen molar-refractivity contribution in [1.29, 1.82) is 0 Å². The molecule has 1 heterocycles. The van der Waals surface area contributed by atoms with Crippen LogP contribution in [0.5, 0.6) is 0 Å². The standard InChI is InChI=1S/C30H31NO4/c1-21-6-2-3-10-27(21)24-8-4-9-25(20-24)28(32)17-15-26-16-18-29(33)31(26)19-5-7-22-11-13-23(14-12-22)30(34)35/h2-4,6,8-15,17,20,26,28,32H,5,7,16,18-19H2,1H3,(H,34,35)/b17-15+. The number of rotatable bonds is 9. The fraction of sp³-hybridized carbons (Fsp3) is 0.267. The molecule has 4 rings (SSSR count). The highest BCUT2D eigenvalue weighted by Gasteiger charge is 2.28. The molecule has 3 aromatic carbocycles. The summed E-state index contributed by atoms with van der Waals surface area (Å²) in [6.07, 6.45) is 5.83. The van der Waals surface area contributed by atoms with E-state index in [9.17, 15) is 14.7 Å². The maximum absolute atomic E-state index is 12.5. The van der Waals surface area contributed by atoms with Gasteiger partial charge in [-0.1, -0.05) is 66.7 Å². The first-order valence-electron chi connectivity index (χ1n) is 12.1. The average Bonchev–Trinajstić information content (AvgIpc) is 3.22. The minimum Gasteiger partial charge on any atom is -0.478 e. The molecule has 0 radical (unpaired) electrons. The Balaban J connectivity index is 1.37. The summed E-state index contributed by atoms with van der Waals surface area (Å²) in [6.45, 7) is 2.71. The summed E-state index contributed by atoms with van der Waals surface area (Å²) in [6, 6.07) is 23.0. The van der Waals surface area contributed by atoms with E-state index in [1.165, 1.54) is 5.56 Å². The van der Waals surface area contributed by atoms with Crippen LogP contribution in [0.25, 0.3) is 11.1 Å². The second-order valence-corrected chi connectivity index (χ2v) is 9.07. The molecule has 2 unspecified atom stereocenters. The van der Waals surface area contributed by atoms with E-state index in [1.54, 1.807) is 18.2 Å². The number of amides is 1. The highest BCUT2D eigenvalue weighted by atomic mass is 16.4. The molecule has 2 N–H and O–H groups in total. The minimum absolute atomic E-state index is 0.0221. The number of carboxylic acids is 1. The van der Waals surface area contributed by atoms with Gasteiger partial charge in [-0.05, 0) is 72.2 Å². The van der Waals surface area contributed by atoms with Crippen LogP contribution in [0.4, 0.5) is 0 Å². The first-order chi connectivity index (χ1) is 16.9. The van der Waals surface area contributed by atoms with Crippen molar-refractivity contribution in [3.05, 3.63) is 107 Å². The lowest BCUT2D eigenvalue weighted by molar-refractivity contribution is -0.128. The highest BCUT2D eigenvalue weighted by molar-refractivity contribution is 5.87. The molecule has 0 spiro atoms. The molecule has 5 heteroatoms.